The van der Waals surface area contributed by atoms with Gasteiger partial charge in [0.1, 0.15) is 17.1 Å². The van der Waals surface area contributed by atoms with E-state index in [2.05, 4.69) is 0 Å². The Morgan fingerprint density at radius 3 is 2.48 bits per heavy atom. The molecule has 0 bridgehead atoms. The maximum Gasteiger partial charge on any atom is 0.282 e. The number of ether oxygens (including phenoxy) is 1. The van der Waals surface area contributed by atoms with Gasteiger partial charge in [0.25, 0.3) is 11.6 Å². The molecule has 0 aromatic heterocycles. The van der Waals surface area contributed by atoms with Gasteiger partial charge >= 0.3 is 0 Å². The van der Waals surface area contributed by atoms with Crippen LogP contribution < -0.4 is 10.5 Å². The molecule has 0 saturated carbocycles. The monoisotopic (exact) mass is 326 g/mol. The molecule has 0 fully saturated rings. The largest absolute Gasteiger partial charge is 0.456 e. The summed E-state index contributed by atoms with van der Waals surface area (Å²) in [7, 11) is 0. The van der Waals surface area contributed by atoms with E-state index in [4.69, 9.17) is 33.7 Å². The summed E-state index contributed by atoms with van der Waals surface area (Å²) in [4.78, 5) is 21.4. The molecule has 0 heterocycles. The Balaban J connectivity index is 2.39. The van der Waals surface area contributed by atoms with Gasteiger partial charge in [-0.2, -0.15) is 0 Å². The molecule has 8 heteroatoms. The zero-order valence-electron chi connectivity index (χ0n) is 10.4. The second kappa shape index (κ2) is 5.99. The number of nitrogens with two attached hydrogens (primary N) is 1. The van der Waals surface area contributed by atoms with Crippen molar-refractivity contribution in [2.45, 2.75) is 0 Å². The maximum atomic E-state index is 11.3. The molecule has 6 nitrogen and oxygen atoms in total. The van der Waals surface area contributed by atoms with Gasteiger partial charge in [0.15, 0.2) is 0 Å². The van der Waals surface area contributed by atoms with Gasteiger partial charge < -0.3 is 10.5 Å². The van der Waals surface area contributed by atoms with Crippen molar-refractivity contribution in [1.29, 1.82) is 0 Å². The molecule has 2 rings (SSSR count). The van der Waals surface area contributed by atoms with Gasteiger partial charge in [-0.05, 0) is 24.3 Å². The number of nitro benzene ring substituents is 1. The number of amides is 1. The van der Waals surface area contributed by atoms with Crippen LogP contribution in [0.4, 0.5) is 5.69 Å². The van der Waals surface area contributed by atoms with Crippen LogP contribution in [0.2, 0.25) is 10.0 Å². The number of hydrogen-bond donors (Lipinski definition) is 1. The smallest absolute Gasteiger partial charge is 0.282 e. The molecular weight excluding hydrogens is 319 g/mol. The Morgan fingerprint density at radius 2 is 1.90 bits per heavy atom. The van der Waals surface area contributed by atoms with E-state index >= 15 is 0 Å². The van der Waals surface area contributed by atoms with Crippen molar-refractivity contribution in [1.82, 2.24) is 0 Å². The normalized spacial score (nSPS) is 10.2. The van der Waals surface area contributed by atoms with E-state index in [0.29, 0.717) is 10.8 Å². The highest BCUT2D eigenvalue weighted by Crippen LogP contribution is 2.33. The molecule has 0 aliphatic heterocycles. The molecule has 2 aromatic rings. The predicted molar refractivity (Wildman–Crippen MR) is 78.2 cm³/mol. The van der Waals surface area contributed by atoms with Crippen LogP contribution >= 0.6 is 23.2 Å². The minimum atomic E-state index is -0.922. The highest BCUT2D eigenvalue weighted by Gasteiger charge is 2.19. The third-order valence-electron chi connectivity index (χ3n) is 2.55. The summed E-state index contributed by atoms with van der Waals surface area (Å²) >= 11 is 11.7. The first-order chi connectivity index (χ1) is 9.88. The van der Waals surface area contributed by atoms with Crippen molar-refractivity contribution in [2.24, 2.45) is 5.73 Å². The number of benzene rings is 2. The van der Waals surface area contributed by atoms with Gasteiger partial charge in [0.05, 0.1) is 9.95 Å². The number of hydrogen-bond acceptors (Lipinski definition) is 4. The number of carbonyl (C=O) groups is 1. The molecule has 0 aliphatic carbocycles. The molecule has 1 amide bonds. The second-order valence-corrected chi connectivity index (χ2v) is 4.82. The SMILES string of the molecule is NC(=O)c1cc(Oc2ccc(Cl)cc2Cl)ccc1[N+](=O)[O-]. The summed E-state index contributed by atoms with van der Waals surface area (Å²) in [5, 5.41) is 11.5. The van der Waals surface area contributed by atoms with Crippen LogP contribution in [0, 0.1) is 10.1 Å². The molecule has 2 aromatic carbocycles. The van der Waals surface area contributed by atoms with Crippen LogP contribution in [0.25, 0.3) is 0 Å². The van der Waals surface area contributed by atoms with Crippen LogP contribution in [-0.4, -0.2) is 10.8 Å². The van der Waals surface area contributed by atoms with E-state index in [0.717, 1.165) is 6.07 Å². The van der Waals surface area contributed by atoms with E-state index in [-0.39, 0.29) is 16.3 Å². The zero-order valence-corrected chi connectivity index (χ0v) is 11.9. The molecule has 0 unspecified atom stereocenters. The lowest BCUT2D eigenvalue weighted by Gasteiger charge is -2.08. The Labute approximate surface area is 129 Å². The molecule has 2 N–H and O–H groups in total. The van der Waals surface area contributed by atoms with Crippen LogP contribution in [0.15, 0.2) is 36.4 Å². The van der Waals surface area contributed by atoms with Gasteiger partial charge in [-0.3, -0.25) is 14.9 Å². The average Bonchev–Trinajstić information content (AvgIpc) is 2.41. The van der Waals surface area contributed by atoms with E-state index in [1.165, 1.54) is 24.3 Å². The average molecular weight is 327 g/mol. The molecule has 0 spiro atoms. The van der Waals surface area contributed by atoms with Crippen molar-refractivity contribution in [3.8, 4) is 11.5 Å². The third-order valence-corrected chi connectivity index (χ3v) is 3.08. The molecule has 108 valence electrons. The summed E-state index contributed by atoms with van der Waals surface area (Å²) in [6, 6.07) is 8.26. The standard InChI is InChI=1S/C13H8Cl2N2O4/c14-7-1-4-12(10(15)5-7)21-8-2-3-11(17(19)20)9(6-8)13(16)18/h1-6H,(H2,16,18). The number of halogens is 2. The number of nitrogens with zero attached hydrogens (tertiary/aromatic N) is 1. The van der Waals surface area contributed by atoms with Gasteiger partial charge in [-0.25, -0.2) is 0 Å². The molecule has 0 aliphatic rings. The Bertz CT molecular complexity index is 734. The fraction of sp³-hybridized carbons (Fsp3) is 0. The van der Waals surface area contributed by atoms with E-state index < -0.39 is 16.5 Å². The number of primary amides is 1. The first kappa shape index (κ1) is 15.1. The van der Waals surface area contributed by atoms with Crippen molar-refractivity contribution in [3.63, 3.8) is 0 Å². The molecule has 0 saturated heterocycles. The summed E-state index contributed by atoms with van der Waals surface area (Å²) < 4.78 is 5.47. The van der Waals surface area contributed by atoms with Crippen LogP contribution in [-0.2, 0) is 0 Å². The summed E-state index contributed by atoms with van der Waals surface area (Å²) in [6.45, 7) is 0. The lowest BCUT2D eigenvalue weighted by atomic mass is 10.1. The number of nitro groups is 1. The lowest BCUT2D eigenvalue weighted by Crippen LogP contribution is -2.13. The first-order valence-electron chi connectivity index (χ1n) is 5.59. The minimum Gasteiger partial charge on any atom is -0.456 e. The predicted octanol–water partition coefficient (Wildman–Crippen LogP) is 3.79. The molecule has 0 radical (unpaired) electrons. The number of carbonyl (C=O) groups excluding carboxylic acids is 1. The highest BCUT2D eigenvalue weighted by molar-refractivity contribution is 6.35. The van der Waals surface area contributed by atoms with Gasteiger partial charge in [0, 0.05) is 17.2 Å². The maximum absolute atomic E-state index is 11.3. The summed E-state index contributed by atoms with van der Waals surface area (Å²) in [6.07, 6.45) is 0. The van der Waals surface area contributed by atoms with Crippen LogP contribution in [0.1, 0.15) is 10.4 Å². The van der Waals surface area contributed by atoms with Crippen molar-refractivity contribution < 1.29 is 14.5 Å². The Hall–Kier alpha value is -2.31. The lowest BCUT2D eigenvalue weighted by molar-refractivity contribution is -0.385. The van der Waals surface area contributed by atoms with Gasteiger partial charge in [0.2, 0.25) is 0 Å². The molecule has 21 heavy (non-hydrogen) atoms. The second-order valence-electron chi connectivity index (χ2n) is 3.98. The van der Waals surface area contributed by atoms with Crippen LogP contribution in [0.3, 0.4) is 0 Å². The van der Waals surface area contributed by atoms with E-state index in [1.807, 2.05) is 0 Å². The first-order valence-corrected chi connectivity index (χ1v) is 6.35. The van der Waals surface area contributed by atoms with E-state index in [9.17, 15) is 14.9 Å². The minimum absolute atomic E-state index is 0.193. The van der Waals surface area contributed by atoms with Crippen LogP contribution in [0.5, 0.6) is 11.5 Å². The zero-order chi connectivity index (χ0) is 15.6. The third kappa shape index (κ3) is 3.42. The van der Waals surface area contributed by atoms with E-state index in [1.54, 1.807) is 6.07 Å². The fourth-order valence-corrected chi connectivity index (χ4v) is 2.07. The summed E-state index contributed by atoms with van der Waals surface area (Å²) in [5.74, 6) is -0.432. The molecular formula is C13H8Cl2N2O4. The van der Waals surface area contributed by atoms with Crippen molar-refractivity contribution in [2.75, 3.05) is 0 Å². The van der Waals surface area contributed by atoms with Gasteiger partial charge in [-0.15, -0.1) is 0 Å². The Morgan fingerprint density at radius 1 is 1.19 bits per heavy atom. The molecule has 0 atom stereocenters. The Kier molecular flexibility index (Phi) is 4.30. The fourth-order valence-electron chi connectivity index (χ4n) is 1.62. The number of rotatable bonds is 4. The summed E-state index contributed by atoms with van der Waals surface area (Å²) in [5.41, 5.74) is 4.48. The quantitative estimate of drug-likeness (QED) is 0.682. The highest BCUT2D eigenvalue weighted by atomic mass is 35.5. The van der Waals surface area contributed by atoms with Crippen molar-refractivity contribution in [3.05, 3.63) is 62.1 Å². The topological polar surface area (TPSA) is 95.5 Å². The van der Waals surface area contributed by atoms with Gasteiger partial charge in [-0.1, -0.05) is 23.2 Å². The van der Waals surface area contributed by atoms with Crippen molar-refractivity contribution >= 4 is 34.8 Å².